The topological polar surface area (TPSA) is 63.2 Å². The van der Waals surface area contributed by atoms with Gasteiger partial charge in [-0.15, -0.1) is 0 Å². The first kappa shape index (κ1) is 22.2. The van der Waals surface area contributed by atoms with Gasteiger partial charge in [-0.3, -0.25) is 9.78 Å². The SMILES string of the molecule is O=C(NC1CCC(CNCC(F)F)CC1)c1cnc2cc(OC(F)F)c(F)cc2c1. The van der Waals surface area contributed by atoms with Gasteiger partial charge in [-0.25, -0.2) is 13.2 Å². The number of carbonyl (C=O) groups is 1. The summed E-state index contributed by atoms with van der Waals surface area (Å²) in [5, 5.41) is 5.94. The first-order chi connectivity index (χ1) is 14.3. The van der Waals surface area contributed by atoms with Gasteiger partial charge in [0.25, 0.3) is 12.3 Å². The van der Waals surface area contributed by atoms with E-state index in [4.69, 9.17) is 0 Å². The number of nitrogens with one attached hydrogen (secondary N) is 2. The minimum atomic E-state index is -3.16. The summed E-state index contributed by atoms with van der Waals surface area (Å²) in [5.41, 5.74) is 0.450. The number of benzene rings is 1. The van der Waals surface area contributed by atoms with E-state index in [0.29, 0.717) is 12.5 Å². The largest absolute Gasteiger partial charge is 0.432 e. The van der Waals surface area contributed by atoms with Gasteiger partial charge in [-0.05, 0) is 50.3 Å². The molecule has 0 saturated heterocycles. The van der Waals surface area contributed by atoms with Crippen LogP contribution in [0.3, 0.4) is 0 Å². The van der Waals surface area contributed by atoms with Crippen LogP contribution >= 0.6 is 0 Å². The highest BCUT2D eigenvalue weighted by atomic mass is 19.3. The van der Waals surface area contributed by atoms with Crippen molar-refractivity contribution in [2.45, 2.75) is 44.8 Å². The smallest absolute Gasteiger partial charge is 0.387 e. The van der Waals surface area contributed by atoms with Gasteiger partial charge in [0.1, 0.15) is 0 Å². The number of fused-ring (bicyclic) bond motifs is 1. The third kappa shape index (κ3) is 6.01. The maximum atomic E-state index is 13.9. The fraction of sp³-hybridized carbons (Fsp3) is 0.500. The number of ether oxygens (including phenoxy) is 1. The number of nitrogens with zero attached hydrogens (tertiary/aromatic N) is 1. The molecule has 0 atom stereocenters. The maximum absolute atomic E-state index is 13.9. The zero-order valence-electron chi connectivity index (χ0n) is 16.0. The van der Waals surface area contributed by atoms with Gasteiger partial charge < -0.3 is 15.4 Å². The van der Waals surface area contributed by atoms with E-state index >= 15 is 0 Å². The number of halogens is 5. The van der Waals surface area contributed by atoms with E-state index in [1.165, 1.54) is 12.3 Å². The van der Waals surface area contributed by atoms with E-state index in [9.17, 15) is 26.7 Å². The summed E-state index contributed by atoms with van der Waals surface area (Å²) < 4.78 is 67.0. The molecule has 1 aliphatic carbocycles. The van der Waals surface area contributed by atoms with E-state index in [-0.39, 0.29) is 35.0 Å². The first-order valence-corrected chi connectivity index (χ1v) is 9.65. The van der Waals surface area contributed by atoms with E-state index in [1.807, 2.05) is 0 Å². The van der Waals surface area contributed by atoms with Crippen molar-refractivity contribution in [2.24, 2.45) is 5.92 Å². The highest BCUT2D eigenvalue weighted by Gasteiger charge is 2.23. The molecule has 0 unspecified atom stereocenters. The molecule has 0 radical (unpaired) electrons. The summed E-state index contributed by atoms with van der Waals surface area (Å²) in [4.78, 5) is 16.6. The highest BCUT2D eigenvalue weighted by Crippen LogP contribution is 2.26. The lowest BCUT2D eigenvalue weighted by Gasteiger charge is -2.29. The molecule has 164 valence electrons. The number of rotatable bonds is 8. The van der Waals surface area contributed by atoms with Crippen molar-refractivity contribution < 1.29 is 31.5 Å². The fourth-order valence-corrected chi connectivity index (χ4v) is 3.62. The van der Waals surface area contributed by atoms with Crippen LogP contribution in [-0.4, -0.2) is 43.1 Å². The standard InChI is InChI=1S/C20H22F5N3O2/c21-15-6-12-5-13(9-27-16(12)7-17(15)30-20(24)25)19(29)28-14-3-1-11(2-4-14)8-26-10-18(22)23/h5-7,9,11,14,18,20,26H,1-4,8,10H2,(H,28,29). The molecule has 30 heavy (non-hydrogen) atoms. The van der Waals surface area contributed by atoms with Gasteiger partial charge in [-0.1, -0.05) is 0 Å². The van der Waals surface area contributed by atoms with Crippen molar-refractivity contribution in [1.82, 2.24) is 15.6 Å². The lowest BCUT2D eigenvalue weighted by molar-refractivity contribution is -0.0520. The number of alkyl halides is 4. The van der Waals surface area contributed by atoms with Gasteiger partial charge in [0.05, 0.1) is 17.6 Å². The molecule has 5 nitrogen and oxygen atoms in total. The van der Waals surface area contributed by atoms with Gasteiger partial charge in [0, 0.05) is 23.7 Å². The number of aromatic nitrogens is 1. The average molecular weight is 431 g/mol. The molecule has 2 aromatic rings. The van der Waals surface area contributed by atoms with E-state index < -0.39 is 24.6 Å². The Morgan fingerprint density at radius 3 is 2.53 bits per heavy atom. The summed E-state index contributed by atoms with van der Waals surface area (Å²) in [6, 6.07) is 3.45. The molecule has 1 aromatic heterocycles. The van der Waals surface area contributed by atoms with Crippen LogP contribution < -0.4 is 15.4 Å². The van der Waals surface area contributed by atoms with Crippen molar-refractivity contribution >= 4 is 16.8 Å². The predicted molar refractivity (Wildman–Crippen MR) is 100 cm³/mol. The minimum absolute atomic E-state index is 0.0434. The Morgan fingerprint density at radius 1 is 1.13 bits per heavy atom. The molecule has 2 N–H and O–H groups in total. The van der Waals surface area contributed by atoms with Crippen LogP contribution in [0.2, 0.25) is 0 Å². The Morgan fingerprint density at radius 2 is 1.87 bits per heavy atom. The van der Waals surface area contributed by atoms with Gasteiger partial charge >= 0.3 is 6.61 Å². The van der Waals surface area contributed by atoms with Crippen LogP contribution in [0.4, 0.5) is 22.0 Å². The van der Waals surface area contributed by atoms with Crippen molar-refractivity contribution in [1.29, 1.82) is 0 Å². The maximum Gasteiger partial charge on any atom is 0.387 e. The van der Waals surface area contributed by atoms with Crippen LogP contribution in [0.25, 0.3) is 10.9 Å². The molecule has 0 aliphatic heterocycles. The normalized spacial score (nSPS) is 19.4. The molecule has 1 aliphatic rings. The van der Waals surface area contributed by atoms with Crippen LogP contribution in [0.5, 0.6) is 5.75 Å². The summed E-state index contributed by atoms with van der Waals surface area (Å²) in [5.74, 6) is -1.65. The Kier molecular flexibility index (Phi) is 7.41. The number of pyridine rings is 1. The lowest BCUT2D eigenvalue weighted by Crippen LogP contribution is -2.39. The van der Waals surface area contributed by atoms with E-state index in [0.717, 1.165) is 37.8 Å². The molecule has 1 amide bonds. The van der Waals surface area contributed by atoms with Gasteiger partial charge in [-0.2, -0.15) is 8.78 Å². The second kappa shape index (κ2) is 10.0. The molecule has 0 bridgehead atoms. The molecule has 0 spiro atoms. The summed E-state index contributed by atoms with van der Waals surface area (Å²) in [6.07, 6.45) is 2.02. The number of carbonyl (C=O) groups excluding carboxylic acids is 1. The molecular formula is C20H22F5N3O2. The molecule has 1 saturated carbocycles. The predicted octanol–water partition coefficient (Wildman–Crippen LogP) is 4.12. The molecular weight excluding hydrogens is 409 g/mol. The second-order valence-electron chi connectivity index (χ2n) is 7.32. The molecule has 3 rings (SSSR count). The van der Waals surface area contributed by atoms with Crippen molar-refractivity contribution in [3.8, 4) is 5.75 Å². The third-order valence-corrected chi connectivity index (χ3v) is 5.13. The summed E-state index contributed by atoms with van der Waals surface area (Å²) >= 11 is 0. The molecule has 1 aromatic carbocycles. The van der Waals surface area contributed by atoms with E-state index in [1.54, 1.807) is 0 Å². The quantitative estimate of drug-likeness (QED) is 0.618. The fourth-order valence-electron chi connectivity index (χ4n) is 3.62. The lowest BCUT2D eigenvalue weighted by atomic mass is 9.86. The average Bonchev–Trinajstić information content (AvgIpc) is 2.69. The van der Waals surface area contributed by atoms with Crippen molar-refractivity contribution in [3.63, 3.8) is 0 Å². The summed E-state index contributed by atoms with van der Waals surface area (Å²) in [6.45, 7) is -2.94. The second-order valence-corrected chi connectivity index (χ2v) is 7.32. The monoisotopic (exact) mass is 431 g/mol. The minimum Gasteiger partial charge on any atom is -0.432 e. The Balaban J connectivity index is 1.57. The molecule has 1 fully saturated rings. The zero-order chi connectivity index (χ0) is 21.7. The van der Waals surface area contributed by atoms with Gasteiger partial charge in [0.15, 0.2) is 11.6 Å². The number of hydrogen-bond donors (Lipinski definition) is 2. The van der Waals surface area contributed by atoms with Crippen molar-refractivity contribution in [3.05, 3.63) is 35.8 Å². The Bertz CT molecular complexity index is 873. The Labute approximate surface area is 170 Å². The first-order valence-electron chi connectivity index (χ1n) is 9.65. The van der Waals surface area contributed by atoms with Crippen LogP contribution in [0.1, 0.15) is 36.0 Å². The molecule has 1 heterocycles. The van der Waals surface area contributed by atoms with E-state index in [2.05, 4.69) is 20.4 Å². The molecule has 10 heteroatoms. The van der Waals surface area contributed by atoms with Crippen molar-refractivity contribution in [2.75, 3.05) is 13.1 Å². The summed E-state index contributed by atoms with van der Waals surface area (Å²) in [7, 11) is 0. The van der Waals surface area contributed by atoms with Crippen LogP contribution in [0.15, 0.2) is 24.4 Å². The highest BCUT2D eigenvalue weighted by molar-refractivity contribution is 5.97. The Hall–Kier alpha value is -2.49. The van der Waals surface area contributed by atoms with Crippen LogP contribution in [-0.2, 0) is 0 Å². The van der Waals surface area contributed by atoms with Crippen LogP contribution in [0, 0.1) is 11.7 Å². The number of amides is 1. The number of hydrogen-bond acceptors (Lipinski definition) is 4. The third-order valence-electron chi connectivity index (χ3n) is 5.13. The van der Waals surface area contributed by atoms with Gasteiger partial charge in [0.2, 0.25) is 0 Å². The zero-order valence-corrected chi connectivity index (χ0v) is 16.0.